The Morgan fingerprint density at radius 1 is 1.10 bits per heavy atom. The van der Waals surface area contributed by atoms with E-state index in [2.05, 4.69) is 0 Å². The molecule has 0 aromatic heterocycles. The van der Waals surface area contributed by atoms with Crippen LogP contribution in [0.15, 0.2) is 48.5 Å². The predicted molar refractivity (Wildman–Crippen MR) is 104 cm³/mol. The number of ether oxygens (including phenoxy) is 3. The van der Waals surface area contributed by atoms with Crippen molar-refractivity contribution in [2.75, 3.05) is 20.8 Å². The maximum atomic E-state index is 13.9. The first-order valence-electron chi connectivity index (χ1n) is 9.43. The second-order valence-electron chi connectivity index (χ2n) is 6.84. The Hall–Kier alpha value is -3.09. The number of rotatable bonds is 7. The number of aryl methyl sites for hydroxylation is 1. The third-order valence-electron chi connectivity index (χ3n) is 4.97. The zero-order chi connectivity index (χ0) is 20.8. The van der Waals surface area contributed by atoms with E-state index in [0.717, 1.165) is 11.3 Å². The molecule has 0 bridgehead atoms. The fourth-order valence-corrected chi connectivity index (χ4v) is 3.42. The number of nitrogens with zero attached hydrogens (tertiary/aromatic N) is 1. The normalized spacial score (nSPS) is 18.4. The van der Waals surface area contributed by atoms with Crippen LogP contribution in [0.25, 0.3) is 0 Å². The topological polar surface area (TPSA) is 65.1 Å². The lowest BCUT2D eigenvalue weighted by atomic mass is 10.1. The molecule has 7 heteroatoms. The molecule has 1 aliphatic rings. The molecule has 2 unspecified atom stereocenters. The van der Waals surface area contributed by atoms with Crippen LogP contribution >= 0.6 is 0 Å². The highest BCUT2D eigenvalue weighted by atomic mass is 19.1. The van der Waals surface area contributed by atoms with Gasteiger partial charge in [-0.05, 0) is 36.2 Å². The Labute approximate surface area is 169 Å². The molecule has 2 aromatic carbocycles. The van der Waals surface area contributed by atoms with E-state index >= 15 is 0 Å². The van der Waals surface area contributed by atoms with Gasteiger partial charge in [0.15, 0.2) is 11.6 Å². The number of amides is 1. The second kappa shape index (κ2) is 9.41. The maximum absolute atomic E-state index is 13.9. The van der Waals surface area contributed by atoms with Crippen LogP contribution in [0.3, 0.4) is 0 Å². The quantitative estimate of drug-likeness (QED) is 0.668. The lowest BCUT2D eigenvalue weighted by Gasteiger charge is -2.22. The SMILES string of the molecule is COC(=O)C1CC(Oc2ccccc2F)CN1C(=O)CCc1ccc(OC)cc1. The molecule has 1 amide bonds. The molecule has 0 radical (unpaired) electrons. The van der Waals surface area contributed by atoms with Gasteiger partial charge in [0.2, 0.25) is 5.91 Å². The van der Waals surface area contributed by atoms with Crippen molar-refractivity contribution in [2.24, 2.45) is 0 Å². The van der Waals surface area contributed by atoms with Gasteiger partial charge >= 0.3 is 5.97 Å². The van der Waals surface area contributed by atoms with Gasteiger partial charge in [-0.25, -0.2) is 9.18 Å². The predicted octanol–water partition coefficient (Wildman–Crippen LogP) is 2.99. The van der Waals surface area contributed by atoms with E-state index in [9.17, 15) is 14.0 Å². The number of halogens is 1. The summed E-state index contributed by atoms with van der Waals surface area (Å²) in [4.78, 5) is 26.5. The molecule has 3 rings (SSSR count). The van der Waals surface area contributed by atoms with Crippen LogP contribution in [0.2, 0.25) is 0 Å². The summed E-state index contributed by atoms with van der Waals surface area (Å²) < 4.78 is 29.6. The molecule has 0 aliphatic carbocycles. The highest BCUT2D eigenvalue weighted by Gasteiger charge is 2.41. The Morgan fingerprint density at radius 3 is 2.48 bits per heavy atom. The molecule has 1 heterocycles. The molecule has 29 heavy (non-hydrogen) atoms. The average molecular weight is 401 g/mol. The van der Waals surface area contributed by atoms with Gasteiger partial charge in [0, 0.05) is 12.8 Å². The number of hydrogen-bond donors (Lipinski definition) is 0. The van der Waals surface area contributed by atoms with Gasteiger partial charge in [-0.2, -0.15) is 0 Å². The van der Waals surface area contributed by atoms with Crippen LogP contribution in [-0.4, -0.2) is 49.7 Å². The molecular formula is C22H24FNO5. The average Bonchev–Trinajstić information content (AvgIpc) is 3.17. The summed E-state index contributed by atoms with van der Waals surface area (Å²) in [6, 6.07) is 12.8. The number of hydrogen-bond acceptors (Lipinski definition) is 5. The van der Waals surface area contributed by atoms with Crippen molar-refractivity contribution in [3.8, 4) is 11.5 Å². The van der Waals surface area contributed by atoms with Gasteiger partial charge in [0.1, 0.15) is 17.9 Å². The Bertz CT molecular complexity index is 855. The van der Waals surface area contributed by atoms with E-state index in [4.69, 9.17) is 14.2 Å². The van der Waals surface area contributed by atoms with Crippen molar-refractivity contribution < 1.29 is 28.2 Å². The summed E-state index contributed by atoms with van der Waals surface area (Å²) in [6.45, 7) is 0.204. The van der Waals surface area contributed by atoms with Gasteiger partial charge in [-0.1, -0.05) is 24.3 Å². The summed E-state index contributed by atoms with van der Waals surface area (Å²) in [7, 11) is 2.88. The third-order valence-corrected chi connectivity index (χ3v) is 4.97. The maximum Gasteiger partial charge on any atom is 0.328 e. The standard InChI is InChI=1S/C22H24FNO5/c1-27-16-10-7-15(8-11-16)9-12-21(25)24-14-17(13-19(24)22(26)28-2)29-20-6-4-3-5-18(20)23/h3-8,10-11,17,19H,9,12-14H2,1-2H3. The third kappa shape index (κ3) is 5.04. The van der Waals surface area contributed by atoms with Gasteiger partial charge in [0.05, 0.1) is 20.8 Å². The minimum atomic E-state index is -0.736. The minimum Gasteiger partial charge on any atom is -0.497 e. The molecule has 0 spiro atoms. The van der Waals surface area contributed by atoms with Crippen LogP contribution in [-0.2, 0) is 20.7 Å². The molecule has 1 fully saturated rings. The second-order valence-corrected chi connectivity index (χ2v) is 6.84. The van der Waals surface area contributed by atoms with Gasteiger partial charge < -0.3 is 19.1 Å². The van der Waals surface area contributed by atoms with Crippen LogP contribution in [0.4, 0.5) is 4.39 Å². The van der Waals surface area contributed by atoms with Crippen LogP contribution in [0, 0.1) is 5.82 Å². The molecule has 0 N–H and O–H groups in total. The number of carbonyl (C=O) groups excluding carboxylic acids is 2. The number of benzene rings is 2. The summed E-state index contributed by atoms with van der Waals surface area (Å²) in [5.74, 6) is -0.295. The molecule has 1 saturated heterocycles. The Morgan fingerprint density at radius 2 is 1.83 bits per heavy atom. The zero-order valence-electron chi connectivity index (χ0n) is 16.5. The lowest BCUT2D eigenvalue weighted by Crippen LogP contribution is -2.41. The Balaban J connectivity index is 1.65. The van der Waals surface area contributed by atoms with E-state index in [0.29, 0.717) is 6.42 Å². The molecule has 0 saturated carbocycles. The van der Waals surface area contributed by atoms with Crippen molar-refractivity contribution in [3.05, 3.63) is 59.9 Å². The first-order valence-corrected chi connectivity index (χ1v) is 9.43. The van der Waals surface area contributed by atoms with Crippen molar-refractivity contribution in [1.29, 1.82) is 0 Å². The number of esters is 1. The van der Waals surface area contributed by atoms with Crippen LogP contribution < -0.4 is 9.47 Å². The molecule has 2 aromatic rings. The molecule has 2 atom stereocenters. The van der Waals surface area contributed by atoms with Crippen LogP contribution in [0.1, 0.15) is 18.4 Å². The number of para-hydroxylation sites is 1. The summed E-state index contributed by atoms with van der Waals surface area (Å²) in [6.07, 6.45) is 0.550. The zero-order valence-corrected chi connectivity index (χ0v) is 16.5. The lowest BCUT2D eigenvalue weighted by molar-refractivity contribution is -0.150. The first kappa shape index (κ1) is 20.6. The molecular weight excluding hydrogens is 377 g/mol. The first-order chi connectivity index (χ1) is 14.0. The summed E-state index contributed by atoms with van der Waals surface area (Å²) in [5.41, 5.74) is 0.993. The Kier molecular flexibility index (Phi) is 6.69. The van der Waals surface area contributed by atoms with Gasteiger partial charge in [0.25, 0.3) is 0 Å². The molecule has 6 nitrogen and oxygen atoms in total. The highest BCUT2D eigenvalue weighted by molar-refractivity contribution is 5.85. The van der Waals surface area contributed by atoms with Crippen molar-refractivity contribution in [3.63, 3.8) is 0 Å². The van der Waals surface area contributed by atoms with E-state index in [1.807, 2.05) is 24.3 Å². The van der Waals surface area contributed by atoms with E-state index in [1.54, 1.807) is 19.2 Å². The van der Waals surface area contributed by atoms with Crippen molar-refractivity contribution >= 4 is 11.9 Å². The van der Waals surface area contributed by atoms with E-state index in [1.165, 1.54) is 24.1 Å². The van der Waals surface area contributed by atoms with Crippen molar-refractivity contribution in [1.82, 2.24) is 4.90 Å². The number of likely N-dealkylation sites (tertiary alicyclic amines) is 1. The monoisotopic (exact) mass is 401 g/mol. The summed E-state index contributed by atoms with van der Waals surface area (Å²) >= 11 is 0. The van der Waals surface area contributed by atoms with Gasteiger partial charge in [-0.15, -0.1) is 0 Å². The minimum absolute atomic E-state index is 0.105. The fraction of sp³-hybridized carbons (Fsp3) is 0.364. The molecule has 154 valence electrons. The van der Waals surface area contributed by atoms with E-state index < -0.39 is 23.9 Å². The van der Waals surface area contributed by atoms with Gasteiger partial charge in [-0.3, -0.25) is 4.79 Å². The molecule has 1 aliphatic heterocycles. The largest absolute Gasteiger partial charge is 0.497 e. The number of carbonyl (C=O) groups is 2. The summed E-state index contributed by atoms with van der Waals surface area (Å²) in [5, 5.41) is 0. The van der Waals surface area contributed by atoms with Crippen LogP contribution in [0.5, 0.6) is 11.5 Å². The smallest absolute Gasteiger partial charge is 0.328 e. The van der Waals surface area contributed by atoms with Crippen molar-refractivity contribution in [2.45, 2.75) is 31.4 Å². The van der Waals surface area contributed by atoms with E-state index in [-0.39, 0.29) is 31.0 Å². The number of methoxy groups -OCH3 is 2. The highest BCUT2D eigenvalue weighted by Crippen LogP contribution is 2.26. The fourth-order valence-electron chi connectivity index (χ4n) is 3.42.